The van der Waals surface area contributed by atoms with Crippen LogP contribution < -0.4 is 14.8 Å². The van der Waals surface area contributed by atoms with E-state index in [1.54, 1.807) is 37.4 Å². The Balaban J connectivity index is 1.66. The van der Waals surface area contributed by atoms with Crippen molar-refractivity contribution in [3.63, 3.8) is 0 Å². The highest BCUT2D eigenvalue weighted by atomic mass is 79.9. The molecular weight excluding hydrogens is 472 g/mol. The topological polar surface area (TPSA) is 65.4 Å². The molecule has 0 bridgehead atoms. The summed E-state index contributed by atoms with van der Waals surface area (Å²) in [5.74, 6) is -0.237. The van der Waals surface area contributed by atoms with Crippen LogP contribution in [0.25, 0.3) is 0 Å². The molecule has 0 aliphatic rings. The molecule has 29 heavy (non-hydrogen) atoms. The van der Waals surface area contributed by atoms with Crippen LogP contribution in [0.2, 0.25) is 5.02 Å². The van der Waals surface area contributed by atoms with Gasteiger partial charge in [-0.05, 0) is 48.9 Å². The SMILES string of the molecule is Cc1ccc(NC(=O)c2ccn(COc3ccc(Br)cc3Cl)n2)c(OC(F)F)c1. The van der Waals surface area contributed by atoms with Crippen molar-refractivity contribution >= 4 is 39.1 Å². The number of hydrogen-bond acceptors (Lipinski definition) is 4. The van der Waals surface area contributed by atoms with E-state index in [2.05, 4.69) is 31.1 Å². The number of aromatic nitrogens is 2. The Morgan fingerprint density at radius 2 is 2.03 bits per heavy atom. The lowest BCUT2D eigenvalue weighted by atomic mass is 10.2. The fourth-order valence-electron chi connectivity index (χ4n) is 2.40. The molecule has 152 valence electrons. The molecule has 10 heteroatoms. The lowest BCUT2D eigenvalue weighted by molar-refractivity contribution is -0.0494. The van der Waals surface area contributed by atoms with Crippen molar-refractivity contribution in [1.82, 2.24) is 9.78 Å². The lowest BCUT2D eigenvalue weighted by Gasteiger charge is -2.12. The molecule has 1 N–H and O–H groups in total. The van der Waals surface area contributed by atoms with Gasteiger partial charge >= 0.3 is 6.61 Å². The van der Waals surface area contributed by atoms with Crippen molar-refractivity contribution in [1.29, 1.82) is 0 Å². The van der Waals surface area contributed by atoms with Gasteiger partial charge in [0.1, 0.15) is 11.5 Å². The Kier molecular flexibility index (Phi) is 6.71. The van der Waals surface area contributed by atoms with Gasteiger partial charge in [0.05, 0.1) is 10.7 Å². The second-order valence-electron chi connectivity index (χ2n) is 5.92. The normalized spacial score (nSPS) is 10.8. The highest BCUT2D eigenvalue weighted by Crippen LogP contribution is 2.29. The molecule has 1 heterocycles. The number of aryl methyl sites for hydroxylation is 1. The summed E-state index contributed by atoms with van der Waals surface area (Å²) in [6.45, 7) is -1.25. The quantitative estimate of drug-likeness (QED) is 0.479. The zero-order chi connectivity index (χ0) is 21.0. The molecule has 0 atom stereocenters. The van der Waals surface area contributed by atoms with Crippen molar-refractivity contribution in [3.8, 4) is 11.5 Å². The van der Waals surface area contributed by atoms with Crippen LogP contribution in [-0.4, -0.2) is 22.3 Å². The summed E-state index contributed by atoms with van der Waals surface area (Å²) in [7, 11) is 0. The fourth-order valence-corrected chi connectivity index (χ4v) is 3.12. The molecule has 0 fully saturated rings. The number of nitrogens with one attached hydrogen (secondary N) is 1. The summed E-state index contributed by atoms with van der Waals surface area (Å²) >= 11 is 9.40. The first-order valence-electron chi connectivity index (χ1n) is 8.30. The second kappa shape index (κ2) is 9.23. The lowest BCUT2D eigenvalue weighted by Crippen LogP contribution is -2.15. The molecule has 0 aliphatic carbocycles. The van der Waals surface area contributed by atoms with E-state index in [1.165, 1.54) is 22.9 Å². The summed E-state index contributed by atoms with van der Waals surface area (Å²) in [5, 5.41) is 7.06. The van der Waals surface area contributed by atoms with Gasteiger partial charge in [0.2, 0.25) is 0 Å². The molecule has 0 aliphatic heterocycles. The zero-order valence-electron chi connectivity index (χ0n) is 15.0. The molecule has 0 unspecified atom stereocenters. The highest BCUT2D eigenvalue weighted by molar-refractivity contribution is 9.10. The van der Waals surface area contributed by atoms with E-state index in [0.717, 1.165) is 4.47 Å². The van der Waals surface area contributed by atoms with E-state index in [0.29, 0.717) is 16.3 Å². The van der Waals surface area contributed by atoms with Crippen LogP contribution in [0.4, 0.5) is 14.5 Å². The highest BCUT2D eigenvalue weighted by Gasteiger charge is 2.15. The van der Waals surface area contributed by atoms with E-state index >= 15 is 0 Å². The molecule has 3 aromatic rings. The van der Waals surface area contributed by atoms with E-state index in [1.807, 2.05) is 0 Å². The number of nitrogens with zero attached hydrogens (tertiary/aromatic N) is 2. The minimum absolute atomic E-state index is 0.0267. The van der Waals surface area contributed by atoms with Gasteiger partial charge in [0.15, 0.2) is 12.4 Å². The number of rotatable bonds is 7. The van der Waals surface area contributed by atoms with Crippen molar-refractivity contribution < 1.29 is 23.0 Å². The largest absolute Gasteiger partial charge is 0.470 e. The average molecular weight is 487 g/mol. The Morgan fingerprint density at radius 1 is 1.24 bits per heavy atom. The average Bonchev–Trinajstić information content (AvgIpc) is 3.12. The van der Waals surface area contributed by atoms with Crippen molar-refractivity contribution in [3.05, 3.63) is 69.4 Å². The molecule has 1 amide bonds. The third-order valence-electron chi connectivity index (χ3n) is 3.72. The minimum Gasteiger partial charge on any atom is -0.470 e. The standard InChI is InChI=1S/C19H15BrClF2N3O3/c1-11-2-4-14(17(8-11)29-19(22)23)24-18(27)15-6-7-26(25-15)10-28-16-5-3-12(20)9-13(16)21/h2-9,19H,10H2,1H3,(H,24,27). The van der Waals surface area contributed by atoms with Gasteiger partial charge in [0.25, 0.3) is 5.91 Å². The Morgan fingerprint density at radius 3 is 2.76 bits per heavy atom. The summed E-state index contributed by atoms with van der Waals surface area (Å²) in [6, 6.07) is 11.2. The van der Waals surface area contributed by atoms with Crippen LogP contribution >= 0.6 is 27.5 Å². The maximum atomic E-state index is 12.6. The van der Waals surface area contributed by atoms with Gasteiger partial charge in [-0.15, -0.1) is 0 Å². The first kappa shape index (κ1) is 21.1. The van der Waals surface area contributed by atoms with Crippen molar-refractivity contribution in [2.75, 3.05) is 5.32 Å². The molecule has 0 saturated heterocycles. The number of carbonyl (C=O) groups is 1. The number of anilines is 1. The van der Waals surface area contributed by atoms with Crippen LogP contribution in [0.15, 0.2) is 53.1 Å². The monoisotopic (exact) mass is 485 g/mol. The molecule has 0 spiro atoms. The Bertz CT molecular complexity index is 1030. The van der Waals surface area contributed by atoms with Crippen molar-refractivity contribution in [2.45, 2.75) is 20.3 Å². The number of ether oxygens (including phenoxy) is 2. The van der Waals surface area contributed by atoms with Crippen LogP contribution in [0.5, 0.6) is 11.5 Å². The van der Waals surface area contributed by atoms with Crippen LogP contribution in [-0.2, 0) is 6.73 Å². The zero-order valence-corrected chi connectivity index (χ0v) is 17.4. The Labute approximate surface area is 178 Å². The van der Waals surface area contributed by atoms with Crippen molar-refractivity contribution in [2.24, 2.45) is 0 Å². The third kappa shape index (κ3) is 5.68. The van der Waals surface area contributed by atoms with Gasteiger partial charge in [-0.2, -0.15) is 13.9 Å². The number of alkyl halides is 2. The van der Waals surface area contributed by atoms with Crippen LogP contribution in [0.3, 0.4) is 0 Å². The van der Waals surface area contributed by atoms with Gasteiger partial charge in [-0.25, -0.2) is 4.68 Å². The first-order chi connectivity index (χ1) is 13.8. The summed E-state index contributed by atoms with van der Waals surface area (Å²) in [4.78, 5) is 12.4. The molecule has 1 aromatic heterocycles. The van der Waals surface area contributed by atoms with Gasteiger partial charge in [-0.3, -0.25) is 4.79 Å². The second-order valence-corrected chi connectivity index (χ2v) is 7.24. The number of amides is 1. The van der Waals surface area contributed by atoms with Gasteiger partial charge < -0.3 is 14.8 Å². The summed E-state index contributed by atoms with van der Waals surface area (Å²) < 4.78 is 37.5. The van der Waals surface area contributed by atoms with E-state index < -0.39 is 12.5 Å². The van der Waals surface area contributed by atoms with Gasteiger partial charge in [0, 0.05) is 10.7 Å². The van der Waals surface area contributed by atoms with Gasteiger partial charge in [-0.1, -0.05) is 33.6 Å². The molecule has 0 radical (unpaired) electrons. The molecule has 3 rings (SSSR count). The molecule has 6 nitrogen and oxygen atoms in total. The van der Waals surface area contributed by atoms with Crippen LogP contribution in [0, 0.1) is 6.92 Å². The van der Waals surface area contributed by atoms with E-state index in [9.17, 15) is 13.6 Å². The fraction of sp³-hybridized carbons (Fsp3) is 0.158. The van der Waals surface area contributed by atoms with E-state index in [-0.39, 0.29) is 23.9 Å². The number of halogens is 4. The minimum atomic E-state index is -3.01. The maximum Gasteiger partial charge on any atom is 0.387 e. The first-order valence-corrected chi connectivity index (χ1v) is 9.47. The smallest absolute Gasteiger partial charge is 0.387 e. The summed E-state index contributed by atoms with van der Waals surface area (Å²) in [6.07, 6.45) is 1.55. The number of carbonyl (C=O) groups excluding carboxylic acids is 1. The van der Waals surface area contributed by atoms with Crippen LogP contribution in [0.1, 0.15) is 16.1 Å². The Hall–Kier alpha value is -2.65. The predicted octanol–water partition coefficient (Wildman–Crippen LogP) is 5.50. The van der Waals surface area contributed by atoms with E-state index in [4.69, 9.17) is 16.3 Å². The maximum absolute atomic E-state index is 12.6. The molecule has 0 saturated carbocycles. The number of hydrogen-bond donors (Lipinski definition) is 1. The summed E-state index contributed by atoms with van der Waals surface area (Å²) in [5.41, 5.74) is 0.916. The third-order valence-corrected chi connectivity index (χ3v) is 4.51. The molecular formula is C19H15BrClF2N3O3. The predicted molar refractivity (Wildman–Crippen MR) is 108 cm³/mol. The molecule has 2 aromatic carbocycles. The number of benzene rings is 2.